The lowest BCUT2D eigenvalue weighted by Gasteiger charge is -1.93. The lowest BCUT2D eigenvalue weighted by atomic mass is 10.5. The van der Waals surface area contributed by atoms with E-state index >= 15 is 0 Å². The van der Waals surface area contributed by atoms with Gasteiger partial charge in [0.05, 0.1) is 7.11 Å². The summed E-state index contributed by atoms with van der Waals surface area (Å²) in [6.07, 6.45) is 3.44. The smallest absolute Gasteiger partial charge is 0.202 e. The van der Waals surface area contributed by atoms with Crippen LogP contribution in [0.2, 0.25) is 0 Å². The van der Waals surface area contributed by atoms with E-state index in [1.165, 1.54) is 4.68 Å². The van der Waals surface area contributed by atoms with E-state index in [1.807, 2.05) is 0 Å². The van der Waals surface area contributed by atoms with E-state index in [9.17, 15) is 0 Å². The molecule has 3 nitrogen and oxygen atoms in total. The van der Waals surface area contributed by atoms with E-state index in [0.29, 0.717) is 0 Å². The summed E-state index contributed by atoms with van der Waals surface area (Å²) in [7, 11) is 1.62. The van der Waals surface area contributed by atoms with Gasteiger partial charge in [0.15, 0.2) is 0 Å². The van der Waals surface area contributed by atoms with E-state index in [2.05, 4.69) is 0 Å². The van der Waals surface area contributed by atoms with Gasteiger partial charge in [-0.25, -0.2) is 5.84 Å². The normalized spacial score (nSPS) is 9.00. The number of aromatic nitrogens is 1. The van der Waals surface area contributed by atoms with Crippen molar-refractivity contribution in [3.63, 3.8) is 0 Å². The van der Waals surface area contributed by atoms with Crippen LogP contribution in [-0.2, 0) is 0 Å². The van der Waals surface area contributed by atoms with Crippen molar-refractivity contribution in [3.05, 3.63) is 24.5 Å². The van der Waals surface area contributed by atoms with Gasteiger partial charge in [0.1, 0.15) is 5.75 Å². The van der Waals surface area contributed by atoms with Gasteiger partial charge in [-0.15, -0.1) is 0 Å². The average Bonchev–Trinajstić information content (AvgIpc) is 1.90. The summed E-state index contributed by atoms with van der Waals surface area (Å²) in [5.41, 5.74) is 0. The topological polar surface area (TPSA) is 39.1 Å². The van der Waals surface area contributed by atoms with Crippen LogP contribution in [0.1, 0.15) is 0 Å². The summed E-state index contributed by atoms with van der Waals surface area (Å²) in [5, 5.41) is 0. The number of pyridine rings is 1. The van der Waals surface area contributed by atoms with Crippen LogP contribution in [0.15, 0.2) is 24.5 Å². The second kappa shape index (κ2) is 2.35. The van der Waals surface area contributed by atoms with Crippen LogP contribution in [0.4, 0.5) is 0 Å². The standard InChI is InChI=1S/C6H9N2O/c1-9-6-2-4-8(7)5-3-6/h2-5H,7H2,1H3/q+1. The van der Waals surface area contributed by atoms with Crippen LogP contribution in [0.5, 0.6) is 5.75 Å². The molecule has 0 amide bonds. The molecule has 1 aromatic rings. The molecule has 0 radical (unpaired) electrons. The zero-order valence-corrected chi connectivity index (χ0v) is 5.24. The van der Waals surface area contributed by atoms with Crippen LogP contribution < -0.4 is 15.3 Å². The number of methoxy groups -OCH3 is 1. The molecule has 0 bridgehead atoms. The third kappa shape index (κ3) is 1.32. The second-order valence-electron chi connectivity index (χ2n) is 1.69. The Bertz CT molecular complexity index is 183. The quantitative estimate of drug-likeness (QED) is 0.413. The molecule has 1 heterocycles. The Kier molecular flexibility index (Phi) is 1.53. The first kappa shape index (κ1) is 5.88. The molecule has 2 N–H and O–H groups in total. The number of nitrogens with two attached hydrogens (primary N) is 1. The Morgan fingerprint density at radius 2 is 2.00 bits per heavy atom. The molecule has 1 rings (SSSR count). The summed E-state index contributed by atoms with van der Waals surface area (Å²) in [6.45, 7) is 0. The van der Waals surface area contributed by atoms with Crippen LogP contribution in [-0.4, -0.2) is 7.11 Å². The molecule has 1 aromatic heterocycles. The minimum Gasteiger partial charge on any atom is -0.496 e. The lowest BCUT2D eigenvalue weighted by Crippen LogP contribution is -2.43. The maximum absolute atomic E-state index is 5.34. The molecule has 0 unspecified atom stereocenters. The third-order valence-corrected chi connectivity index (χ3v) is 1.06. The van der Waals surface area contributed by atoms with Gasteiger partial charge in [-0.2, -0.15) is 0 Å². The highest BCUT2D eigenvalue weighted by Crippen LogP contribution is 2.02. The van der Waals surface area contributed by atoms with E-state index in [0.717, 1.165) is 5.75 Å². The number of hydrogen-bond acceptors (Lipinski definition) is 2. The second-order valence-corrected chi connectivity index (χ2v) is 1.69. The summed E-state index contributed by atoms with van der Waals surface area (Å²) < 4.78 is 6.36. The van der Waals surface area contributed by atoms with Crippen LogP contribution in [0.3, 0.4) is 0 Å². The van der Waals surface area contributed by atoms with Gasteiger partial charge in [0.2, 0.25) is 12.4 Å². The molecule has 0 saturated carbocycles. The summed E-state index contributed by atoms with van der Waals surface area (Å²) in [6, 6.07) is 3.58. The molecule has 0 fully saturated rings. The third-order valence-electron chi connectivity index (χ3n) is 1.06. The number of ether oxygens (including phenoxy) is 1. The van der Waals surface area contributed by atoms with Crippen molar-refractivity contribution in [2.75, 3.05) is 13.0 Å². The number of nitrogen functional groups attached to an aromatic ring is 1. The predicted octanol–water partition coefficient (Wildman–Crippen LogP) is -0.304. The van der Waals surface area contributed by atoms with Gasteiger partial charge in [0.25, 0.3) is 0 Å². The molecule has 0 saturated heterocycles. The molecule has 3 heteroatoms. The fourth-order valence-corrected chi connectivity index (χ4v) is 0.560. The Labute approximate surface area is 53.6 Å². The van der Waals surface area contributed by atoms with Gasteiger partial charge < -0.3 is 4.74 Å². The fraction of sp³-hybridized carbons (Fsp3) is 0.167. The summed E-state index contributed by atoms with van der Waals surface area (Å²) in [4.78, 5) is 0. The highest BCUT2D eigenvalue weighted by Gasteiger charge is 1.92. The number of nitrogens with zero attached hydrogens (tertiary/aromatic N) is 1. The molecule has 0 spiro atoms. The Morgan fingerprint density at radius 1 is 1.44 bits per heavy atom. The van der Waals surface area contributed by atoms with Crippen LogP contribution >= 0.6 is 0 Å². The highest BCUT2D eigenvalue weighted by atomic mass is 16.5. The molecule has 48 valence electrons. The minimum absolute atomic E-state index is 0.816. The van der Waals surface area contributed by atoms with Gasteiger partial charge in [-0.05, 0) is 0 Å². The molecule has 0 aliphatic heterocycles. The van der Waals surface area contributed by atoms with E-state index < -0.39 is 0 Å². The minimum atomic E-state index is 0.816. The van der Waals surface area contributed by atoms with E-state index in [1.54, 1.807) is 31.6 Å². The first-order valence-corrected chi connectivity index (χ1v) is 2.63. The largest absolute Gasteiger partial charge is 0.496 e. The van der Waals surface area contributed by atoms with Crippen molar-refractivity contribution in [1.82, 2.24) is 0 Å². The van der Waals surface area contributed by atoms with Gasteiger partial charge in [-0.3, -0.25) is 0 Å². The molecule has 0 atom stereocenters. The van der Waals surface area contributed by atoms with Crippen LogP contribution in [0, 0.1) is 0 Å². The lowest BCUT2D eigenvalue weighted by molar-refractivity contribution is -0.639. The highest BCUT2D eigenvalue weighted by molar-refractivity contribution is 5.14. The zero-order chi connectivity index (χ0) is 6.69. The number of rotatable bonds is 1. The monoisotopic (exact) mass is 125 g/mol. The van der Waals surface area contributed by atoms with Gasteiger partial charge >= 0.3 is 0 Å². The SMILES string of the molecule is COc1cc[n+](N)cc1. The molecule has 9 heavy (non-hydrogen) atoms. The zero-order valence-electron chi connectivity index (χ0n) is 5.24. The maximum atomic E-state index is 5.34. The average molecular weight is 125 g/mol. The molecule has 0 aromatic carbocycles. The summed E-state index contributed by atoms with van der Waals surface area (Å²) >= 11 is 0. The Balaban J connectivity index is 2.88. The summed E-state index contributed by atoms with van der Waals surface area (Å²) in [5.74, 6) is 6.16. The fourth-order valence-electron chi connectivity index (χ4n) is 0.560. The van der Waals surface area contributed by atoms with Crippen molar-refractivity contribution in [2.24, 2.45) is 0 Å². The first-order chi connectivity index (χ1) is 4.33. The van der Waals surface area contributed by atoms with Crippen molar-refractivity contribution < 1.29 is 9.41 Å². The van der Waals surface area contributed by atoms with Crippen molar-refractivity contribution >= 4 is 0 Å². The van der Waals surface area contributed by atoms with Gasteiger partial charge in [-0.1, -0.05) is 4.68 Å². The first-order valence-electron chi connectivity index (χ1n) is 2.63. The molecule has 0 aliphatic rings. The Hall–Kier alpha value is -1.25. The maximum Gasteiger partial charge on any atom is 0.202 e. The predicted molar refractivity (Wildman–Crippen MR) is 33.3 cm³/mol. The van der Waals surface area contributed by atoms with E-state index in [4.69, 9.17) is 10.6 Å². The van der Waals surface area contributed by atoms with Crippen molar-refractivity contribution in [2.45, 2.75) is 0 Å². The Morgan fingerprint density at radius 3 is 2.44 bits per heavy atom. The molecule has 0 aliphatic carbocycles. The van der Waals surface area contributed by atoms with Crippen molar-refractivity contribution in [1.29, 1.82) is 0 Å². The van der Waals surface area contributed by atoms with Gasteiger partial charge in [0, 0.05) is 12.1 Å². The molecular weight excluding hydrogens is 116 g/mol. The van der Waals surface area contributed by atoms with E-state index in [-0.39, 0.29) is 0 Å². The molecular formula is C6H9N2O+. The van der Waals surface area contributed by atoms with Crippen LogP contribution in [0.25, 0.3) is 0 Å². The van der Waals surface area contributed by atoms with Crippen molar-refractivity contribution in [3.8, 4) is 5.75 Å². The number of hydrogen-bond donors (Lipinski definition) is 1.